The molecule has 2 N–H and O–H groups in total. The van der Waals surface area contributed by atoms with Gasteiger partial charge in [0.15, 0.2) is 0 Å². The number of piperidine rings is 1. The summed E-state index contributed by atoms with van der Waals surface area (Å²) in [5, 5.41) is 5.89. The Morgan fingerprint density at radius 3 is 2.33 bits per heavy atom. The normalized spacial score (nSPS) is 19.3. The summed E-state index contributed by atoms with van der Waals surface area (Å²) < 4.78 is 13.1. The summed E-state index contributed by atoms with van der Waals surface area (Å²) in [4.78, 5) is 27.8. The van der Waals surface area contributed by atoms with Crippen LogP contribution in [-0.4, -0.2) is 36.3 Å². The zero-order valence-electron chi connectivity index (χ0n) is 17.4. The van der Waals surface area contributed by atoms with E-state index in [-0.39, 0.29) is 29.5 Å². The maximum Gasteiger partial charge on any atom is 0.228 e. The summed E-state index contributed by atoms with van der Waals surface area (Å²) in [7, 11) is 0. The summed E-state index contributed by atoms with van der Waals surface area (Å²) in [6, 6.07) is 15.8. The molecule has 1 saturated heterocycles. The smallest absolute Gasteiger partial charge is 0.228 e. The molecule has 0 spiro atoms. The molecule has 1 aliphatic heterocycles. The summed E-state index contributed by atoms with van der Waals surface area (Å²) >= 11 is 0. The van der Waals surface area contributed by atoms with E-state index in [2.05, 4.69) is 34.6 Å². The first-order valence-corrected chi connectivity index (χ1v) is 10.7. The van der Waals surface area contributed by atoms with Gasteiger partial charge in [0.25, 0.3) is 0 Å². The molecule has 3 rings (SSSR count). The van der Waals surface area contributed by atoms with Crippen LogP contribution in [-0.2, 0) is 16.1 Å². The van der Waals surface area contributed by atoms with E-state index >= 15 is 0 Å². The van der Waals surface area contributed by atoms with Gasteiger partial charge >= 0.3 is 0 Å². The molecule has 0 radical (unpaired) electrons. The molecule has 2 aromatic rings. The van der Waals surface area contributed by atoms with E-state index in [0.717, 1.165) is 18.4 Å². The number of nitrogens with zero attached hydrogens (tertiary/aromatic N) is 1. The number of nitrogens with one attached hydrogen (secondary N) is 2. The SMILES string of the molecule is CCCCNC(=O)[C@H]1C[C@@H](C(=O)Nc2ccc(F)cc2)CN(Cc2ccccc2)C1. The number of carbonyl (C=O) groups is 2. The third kappa shape index (κ3) is 6.39. The van der Waals surface area contributed by atoms with Gasteiger partial charge in [0.05, 0.1) is 11.8 Å². The van der Waals surface area contributed by atoms with Crippen molar-refractivity contribution in [2.75, 3.05) is 25.0 Å². The number of rotatable bonds is 8. The third-order valence-corrected chi connectivity index (χ3v) is 5.46. The minimum atomic E-state index is -0.344. The molecule has 0 aliphatic carbocycles. The molecular formula is C24H30FN3O2. The number of hydrogen-bond donors (Lipinski definition) is 2. The number of hydrogen-bond acceptors (Lipinski definition) is 3. The molecule has 6 heteroatoms. The fraction of sp³-hybridized carbons (Fsp3) is 0.417. The van der Waals surface area contributed by atoms with Crippen LogP contribution < -0.4 is 10.6 Å². The molecule has 1 fully saturated rings. The zero-order chi connectivity index (χ0) is 21.3. The Kier molecular flexibility index (Phi) is 7.97. The largest absolute Gasteiger partial charge is 0.356 e. The Morgan fingerprint density at radius 1 is 1.00 bits per heavy atom. The van der Waals surface area contributed by atoms with Gasteiger partial charge < -0.3 is 10.6 Å². The first-order valence-electron chi connectivity index (χ1n) is 10.7. The second-order valence-corrected chi connectivity index (χ2v) is 7.95. The highest BCUT2D eigenvalue weighted by molar-refractivity contribution is 5.93. The van der Waals surface area contributed by atoms with E-state index in [1.54, 1.807) is 12.1 Å². The summed E-state index contributed by atoms with van der Waals surface area (Å²) in [6.45, 7) is 4.66. The van der Waals surface area contributed by atoms with E-state index in [9.17, 15) is 14.0 Å². The average molecular weight is 412 g/mol. The van der Waals surface area contributed by atoms with Crippen molar-refractivity contribution in [2.24, 2.45) is 11.8 Å². The van der Waals surface area contributed by atoms with Gasteiger partial charge in [0, 0.05) is 31.9 Å². The van der Waals surface area contributed by atoms with Crippen LogP contribution >= 0.6 is 0 Å². The Labute approximate surface area is 177 Å². The average Bonchev–Trinajstić information content (AvgIpc) is 2.76. The fourth-order valence-electron chi connectivity index (χ4n) is 3.85. The van der Waals surface area contributed by atoms with Crippen LogP contribution in [0.5, 0.6) is 0 Å². The maximum absolute atomic E-state index is 13.1. The number of carbonyl (C=O) groups excluding carboxylic acids is 2. The first-order chi connectivity index (χ1) is 14.5. The van der Waals surface area contributed by atoms with Crippen molar-refractivity contribution >= 4 is 17.5 Å². The van der Waals surface area contributed by atoms with Gasteiger partial charge in [-0.1, -0.05) is 43.7 Å². The lowest BCUT2D eigenvalue weighted by Crippen LogP contribution is -2.49. The lowest BCUT2D eigenvalue weighted by atomic mass is 9.87. The van der Waals surface area contributed by atoms with Crippen molar-refractivity contribution in [3.8, 4) is 0 Å². The van der Waals surface area contributed by atoms with Crippen LogP contribution in [0.25, 0.3) is 0 Å². The van der Waals surface area contributed by atoms with Gasteiger partial charge in [0.2, 0.25) is 11.8 Å². The van der Waals surface area contributed by atoms with Crippen LogP contribution in [0.3, 0.4) is 0 Å². The van der Waals surface area contributed by atoms with Crippen molar-refractivity contribution in [1.82, 2.24) is 10.2 Å². The quantitative estimate of drug-likeness (QED) is 0.649. The number of amides is 2. The standard InChI is InChI=1S/C24H30FN3O2/c1-2-3-13-26-23(29)19-14-20(24(30)27-22-11-9-21(25)10-12-22)17-28(16-19)15-18-7-5-4-6-8-18/h4-12,19-20H,2-3,13-17H2,1H3,(H,26,29)(H,27,30)/t19-,20+/m0/s1. The minimum Gasteiger partial charge on any atom is -0.356 e. The van der Waals surface area contributed by atoms with Crippen molar-refractivity contribution in [1.29, 1.82) is 0 Å². The van der Waals surface area contributed by atoms with E-state index in [4.69, 9.17) is 0 Å². The molecule has 1 aliphatic rings. The van der Waals surface area contributed by atoms with Gasteiger partial charge in [-0.25, -0.2) is 4.39 Å². The second kappa shape index (κ2) is 10.9. The molecule has 1 heterocycles. The Morgan fingerprint density at radius 2 is 1.67 bits per heavy atom. The van der Waals surface area contributed by atoms with E-state index in [1.807, 2.05) is 18.2 Å². The van der Waals surface area contributed by atoms with Crippen LogP contribution in [0, 0.1) is 17.7 Å². The number of likely N-dealkylation sites (tertiary alicyclic amines) is 1. The predicted octanol–water partition coefficient (Wildman–Crippen LogP) is 3.82. The number of halogens is 1. The predicted molar refractivity (Wildman–Crippen MR) is 116 cm³/mol. The number of benzene rings is 2. The monoisotopic (exact) mass is 411 g/mol. The molecule has 5 nitrogen and oxygen atoms in total. The van der Waals surface area contributed by atoms with E-state index < -0.39 is 0 Å². The topological polar surface area (TPSA) is 61.4 Å². The minimum absolute atomic E-state index is 0.0146. The number of unbranched alkanes of at least 4 members (excludes halogenated alkanes) is 1. The highest BCUT2D eigenvalue weighted by Crippen LogP contribution is 2.25. The van der Waals surface area contributed by atoms with Crippen molar-refractivity contribution in [2.45, 2.75) is 32.7 Å². The van der Waals surface area contributed by atoms with Crippen molar-refractivity contribution in [3.63, 3.8) is 0 Å². The summed E-state index contributed by atoms with van der Waals surface area (Å²) in [5.41, 5.74) is 1.72. The first kappa shape index (κ1) is 22.0. The van der Waals surface area contributed by atoms with E-state index in [1.165, 1.54) is 12.1 Å². The highest BCUT2D eigenvalue weighted by atomic mass is 19.1. The summed E-state index contributed by atoms with van der Waals surface area (Å²) in [5.74, 6) is -1.01. The Bertz CT molecular complexity index is 826. The van der Waals surface area contributed by atoms with Crippen LogP contribution in [0.2, 0.25) is 0 Å². The molecular weight excluding hydrogens is 381 g/mol. The van der Waals surface area contributed by atoms with Gasteiger partial charge in [0.1, 0.15) is 5.82 Å². The lowest BCUT2D eigenvalue weighted by Gasteiger charge is -2.36. The molecule has 2 amide bonds. The Balaban J connectivity index is 1.69. The van der Waals surface area contributed by atoms with Gasteiger partial charge in [-0.05, 0) is 42.7 Å². The molecule has 0 bridgehead atoms. The molecule has 2 aromatic carbocycles. The molecule has 0 saturated carbocycles. The maximum atomic E-state index is 13.1. The van der Waals surface area contributed by atoms with Gasteiger partial charge in [-0.15, -0.1) is 0 Å². The summed E-state index contributed by atoms with van der Waals surface area (Å²) in [6.07, 6.45) is 2.48. The fourth-order valence-corrected chi connectivity index (χ4v) is 3.85. The number of anilines is 1. The zero-order valence-corrected chi connectivity index (χ0v) is 17.4. The molecule has 30 heavy (non-hydrogen) atoms. The van der Waals surface area contributed by atoms with Crippen molar-refractivity contribution in [3.05, 3.63) is 66.0 Å². The third-order valence-electron chi connectivity index (χ3n) is 5.46. The van der Waals surface area contributed by atoms with Crippen LogP contribution in [0.15, 0.2) is 54.6 Å². The van der Waals surface area contributed by atoms with Gasteiger partial charge in [-0.2, -0.15) is 0 Å². The molecule has 0 aromatic heterocycles. The van der Waals surface area contributed by atoms with Gasteiger partial charge in [-0.3, -0.25) is 14.5 Å². The Hall–Kier alpha value is -2.73. The van der Waals surface area contributed by atoms with E-state index in [0.29, 0.717) is 38.3 Å². The van der Waals surface area contributed by atoms with Crippen molar-refractivity contribution < 1.29 is 14.0 Å². The van der Waals surface area contributed by atoms with Crippen LogP contribution in [0.1, 0.15) is 31.7 Å². The second-order valence-electron chi connectivity index (χ2n) is 7.95. The molecule has 160 valence electrons. The lowest BCUT2D eigenvalue weighted by molar-refractivity contribution is -0.130. The molecule has 2 atom stereocenters. The highest BCUT2D eigenvalue weighted by Gasteiger charge is 2.35. The molecule has 0 unspecified atom stereocenters. The van der Waals surface area contributed by atoms with Crippen LogP contribution in [0.4, 0.5) is 10.1 Å².